The molecule has 0 bridgehead atoms. The van der Waals surface area contributed by atoms with E-state index >= 15 is 0 Å². The van der Waals surface area contributed by atoms with Crippen LogP contribution >= 0.6 is 0 Å². The fraction of sp³-hybridized carbons (Fsp3) is 0.667. The molecule has 100 valence electrons. The van der Waals surface area contributed by atoms with E-state index in [1.54, 1.807) is 6.20 Å². The monoisotopic (exact) mass is 248 g/mol. The fourth-order valence-corrected chi connectivity index (χ4v) is 2.94. The zero-order valence-electron chi connectivity index (χ0n) is 11.5. The van der Waals surface area contributed by atoms with Crippen molar-refractivity contribution in [1.82, 2.24) is 9.88 Å². The highest BCUT2D eigenvalue weighted by Crippen LogP contribution is 2.28. The van der Waals surface area contributed by atoms with Crippen molar-refractivity contribution in [2.45, 2.75) is 45.1 Å². The molecule has 0 aliphatic heterocycles. The Kier molecular flexibility index (Phi) is 4.59. The molecule has 3 heteroatoms. The molecule has 1 aliphatic rings. The van der Waals surface area contributed by atoms with E-state index in [2.05, 4.69) is 23.9 Å². The van der Waals surface area contributed by atoms with Crippen molar-refractivity contribution in [3.05, 3.63) is 24.0 Å². The summed E-state index contributed by atoms with van der Waals surface area (Å²) in [6.45, 7) is 2.81. The Morgan fingerprint density at radius 1 is 1.39 bits per heavy atom. The molecule has 2 rings (SSSR count). The van der Waals surface area contributed by atoms with Gasteiger partial charge in [-0.25, -0.2) is 0 Å². The van der Waals surface area contributed by atoms with E-state index in [0.717, 1.165) is 11.6 Å². The largest absolute Gasteiger partial charge is 0.359 e. The van der Waals surface area contributed by atoms with E-state index < -0.39 is 0 Å². The number of hydrogen-bond donors (Lipinski definition) is 1. The van der Waals surface area contributed by atoms with Crippen LogP contribution in [0.1, 0.15) is 49.5 Å². The van der Waals surface area contributed by atoms with Gasteiger partial charge in [0.15, 0.2) is 5.78 Å². The van der Waals surface area contributed by atoms with E-state index in [0.29, 0.717) is 12.6 Å². The number of carbonyl (C=O) groups excluding carboxylic acids is 1. The number of rotatable bonds is 5. The zero-order valence-corrected chi connectivity index (χ0v) is 11.5. The summed E-state index contributed by atoms with van der Waals surface area (Å²) >= 11 is 0. The maximum Gasteiger partial charge on any atom is 0.192 e. The highest BCUT2D eigenvalue weighted by Gasteiger charge is 2.24. The molecule has 1 aromatic rings. The Bertz CT molecular complexity index is 364. The summed E-state index contributed by atoms with van der Waals surface area (Å²) in [5.41, 5.74) is 0.726. The van der Waals surface area contributed by atoms with Crippen molar-refractivity contribution in [3.8, 4) is 0 Å². The van der Waals surface area contributed by atoms with Crippen LogP contribution in [-0.4, -0.2) is 35.3 Å². The first-order valence-electron chi connectivity index (χ1n) is 7.07. The van der Waals surface area contributed by atoms with E-state index in [1.165, 1.54) is 32.1 Å². The summed E-state index contributed by atoms with van der Waals surface area (Å²) in [5, 5.41) is 0. The number of Topliss-reactive ketones (excluding diaryl/α,β-unsaturated/α-hetero) is 1. The number of aromatic amines is 1. The molecule has 18 heavy (non-hydrogen) atoms. The van der Waals surface area contributed by atoms with Gasteiger partial charge in [0.2, 0.25) is 0 Å². The first kappa shape index (κ1) is 13.3. The number of nitrogens with zero attached hydrogens (tertiary/aromatic N) is 1. The predicted octanol–water partition coefficient (Wildman–Crippen LogP) is 3.10. The van der Waals surface area contributed by atoms with Crippen LogP contribution in [0.2, 0.25) is 0 Å². The van der Waals surface area contributed by atoms with Crippen LogP contribution in [-0.2, 0) is 0 Å². The molecule has 1 aliphatic carbocycles. The van der Waals surface area contributed by atoms with E-state index in [-0.39, 0.29) is 5.78 Å². The highest BCUT2D eigenvalue weighted by atomic mass is 16.1. The van der Waals surface area contributed by atoms with Crippen LogP contribution in [0.15, 0.2) is 18.3 Å². The topological polar surface area (TPSA) is 36.1 Å². The van der Waals surface area contributed by atoms with Crippen LogP contribution in [0, 0.1) is 5.92 Å². The summed E-state index contributed by atoms with van der Waals surface area (Å²) in [6, 6.07) is 4.32. The maximum atomic E-state index is 12.0. The van der Waals surface area contributed by atoms with Gasteiger partial charge in [-0.3, -0.25) is 9.69 Å². The second-order valence-electron chi connectivity index (χ2n) is 5.50. The van der Waals surface area contributed by atoms with Gasteiger partial charge in [0, 0.05) is 12.2 Å². The predicted molar refractivity (Wildman–Crippen MR) is 73.8 cm³/mol. The first-order valence-corrected chi connectivity index (χ1v) is 7.07. The molecule has 0 spiro atoms. The molecular formula is C15H24N2O. The third-order valence-electron chi connectivity index (χ3n) is 4.31. The molecule has 0 atom stereocenters. The van der Waals surface area contributed by atoms with Crippen LogP contribution in [0.3, 0.4) is 0 Å². The van der Waals surface area contributed by atoms with Gasteiger partial charge in [0.1, 0.15) is 0 Å². The van der Waals surface area contributed by atoms with Gasteiger partial charge in [0.05, 0.1) is 12.2 Å². The molecule has 0 unspecified atom stereocenters. The molecule has 0 saturated heterocycles. The zero-order chi connectivity index (χ0) is 13.0. The van der Waals surface area contributed by atoms with E-state index in [4.69, 9.17) is 0 Å². The molecular weight excluding hydrogens is 224 g/mol. The molecule has 3 nitrogen and oxygen atoms in total. The average Bonchev–Trinajstić information content (AvgIpc) is 2.92. The van der Waals surface area contributed by atoms with Crippen molar-refractivity contribution in [2.75, 3.05) is 13.6 Å². The Balaban J connectivity index is 1.82. The Hall–Kier alpha value is -1.09. The van der Waals surface area contributed by atoms with Crippen molar-refractivity contribution in [1.29, 1.82) is 0 Å². The summed E-state index contributed by atoms with van der Waals surface area (Å²) in [7, 11) is 2.08. The summed E-state index contributed by atoms with van der Waals surface area (Å²) in [4.78, 5) is 17.2. The molecule has 1 aromatic heterocycles. The van der Waals surface area contributed by atoms with Gasteiger partial charge in [0.25, 0.3) is 0 Å². The second kappa shape index (κ2) is 6.19. The van der Waals surface area contributed by atoms with Crippen molar-refractivity contribution in [3.63, 3.8) is 0 Å². The third-order valence-corrected chi connectivity index (χ3v) is 4.31. The van der Waals surface area contributed by atoms with E-state index in [1.807, 2.05) is 12.1 Å². The number of aromatic nitrogens is 1. The summed E-state index contributed by atoms with van der Waals surface area (Å²) < 4.78 is 0. The van der Waals surface area contributed by atoms with E-state index in [9.17, 15) is 4.79 Å². The van der Waals surface area contributed by atoms with Crippen molar-refractivity contribution < 1.29 is 4.79 Å². The minimum Gasteiger partial charge on any atom is -0.359 e. The van der Waals surface area contributed by atoms with Gasteiger partial charge in [-0.15, -0.1) is 0 Å². The number of nitrogens with one attached hydrogen (secondary N) is 1. The molecule has 0 amide bonds. The molecule has 1 fully saturated rings. The lowest BCUT2D eigenvalue weighted by Crippen LogP contribution is -2.38. The normalized spacial score (nSPS) is 24.4. The number of hydrogen-bond acceptors (Lipinski definition) is 2. The van der Waals surface area contributed by atoms with Gasteiger partial charge >= 0.3 is 0 Å². The lowest BCUT2D eigenvalue weighted by molar-refractivity contribution is 0.0880. The molecule has 1 heterocycles. The number of ketones is 1. The van der Waals surface area contributed by atoms with Crippen molar-refractivity contribution in [2.24, 2.45) is 5.92 Å². The Labute approximate surface area is 110 Å². The number of carbonyl (C=O) groups is 1. The Morgan fingerprint density at radius 3 is 2.67 bits per heavy atom. The lowest BCUT2D eigenvalue weighted by Gasteiger charge is -2.34. The molecule has 1 N–H and O–H groups in total. The SMILES string of the molecule is CCC1CCC(N(C)CC(=O)c2ccc[nH]2)CC1. The van der Waals surface area contributed by atoms with Crippen LogP contribution in [0.25, 0.3) is 0 Å². The molecule has 0 aromatic carbocycles. The highest BCUT2D eigenvalue weighted by molar-refractivity contribution is 5.95. The molecule has 1 saturated carbocycles. The fourth-order valence-electron chi connectivity index (χ4n) is 2.94. The van der Waals surface area contributed by atoms with Crippen LogP contribution in [0.5, 0.6) is 0 Å². The lowest BCUT2D eigenvalue weighted by atomic mass is 9.84. The summed E-state index contributed by atoms with van der Waals surface area (Å²) in [5.74, 6) is 1.11. The quantitative estimate of drug-likeness (QED) is 0.813. The van der Waals surface area contributed by atoms with Crippen molar-refractivity contribution >= 4 is 5.78 Å². The van der Waals surface area contributed by atoms with Crippen LogP contribution in [0.4, 0.5) is 0 Å². The van der Waals surface area contributed by atoms with Gasteiger partial charge in [-0.1, -0.05) is 13.3 Å². The maximum absolute atomic E-state index is 12.0. The second-order valence-corrected chi connectivity index (χ2v) is 5.50. The Morgan fingerprint density at radius 2 is 2.11 bits per heavy atom. The van der Waals surface area contributed by atoms with Crippen LogP contribution < -0.4 is 0 Å². The van der Waals surface area contributed by atoms with Gasteiger partial charge in [-0.05, 0) is 50.8 Å². The standard InChI is InChI=1S/C15H24N2O/c1-3-12-6-8-13(9-7-12)17(2)11-15(18)14-5-4-10-16-14/h4-5,10,12-13,16H,3,6-9,11H2,1-2H3. The van der Waals surface area contributed by atoms with Gasteiger partial charge < -0.3 is 4.98 Å². The van der Waals surface area contributed by atoms with Gasteiger partial charge in [-0.2, -0.15) is 0 Å². The first-order chi connectivity index (χ1) is 8.70. The minimum atomic E-state index is 0.195. The number of likely N-dealkylation sites (N-methyl/N-ethyl adjacent to an activating group) is 1. The summed E-state index contributed by atoms with van der Waals surface area (Å²) in [6.07, 6.45) is 8.24. The number of H-pyrrole nitrogens is 1. The smallest absolute Gasteiger partial charge is 0.192 e. The average molecular weight is 248 g/mol. The third kappa shape index (κ3) is 3.22. The molecule has 0 radical (unpaired) electrons. The minimum absolute atomic E-state index is 0.195.